The molecule has 0 aliphatic carbocycles. The molecule has 2 rings (SSSR count). The van der Waals surface area contributed by atoms with Gasteiger partial charge in [-0.15, -0.1) is 5.10 Å². The summed E-state index contributed by atoms with van der Waals surface area (Å²) in [5, 5.41) is 13.5. The van der Waals surface area contributed by atoms with Gasteiger partial charge in [-0.3, -0.25) is 5.10 Å². The van der Waals surface area contributed by atoms with Crippen LogP contribution >= 0.6 is 0 Å². The van der Waals surface area contributed by atoms with Gasteiger partial charge in [0.1, 0.15) is 12.4 Å². The molecule has 126 valence electrons. The molecule has 0 fully saturated rings. The lowest BCUT2D eigenvalue weighted by Gasteiger charge is -2.10. The minimum Gasteiger partial charge on any atom is -0.461 e. The van der Waals surface area contributed by atoms with Crippen molar-refractivity contribution in [3.8, 4) is 11.6 Å². The molecule has 0 spiro atoms. The Balaban J connectivity index is 1.84. The van der Waals surface area contributed by atoms with Crippen molar-refractivity contribution >= 4 is 5.96 Å². The summed E-state index contributed by atoms with van der Waals surface area (Å²) in [4.78, 5) is 8.85. The highest BCUT2D eigenvalue weighted by atomic mass is 16.5. The van der Waals surface area contributed by atoms with Gasteiger partial charge in [0, 0.05) is 26.3 Å². The molecule has 0 radical (unpaired) electrons. The van der Waals surface area contributed by atoms with E-state index in [1.54, 1.807) is 12.3 Å². The Morgan fingerprint density at radius 2 is 2.30 bits per heavy atom. The van der Waals surface area contributed by atoms with E-state index in [9.17, 15) is 0 Å². The summed E-state index contributed by atoms with van der Waals surface area (Å²) >= 11 is 0. The van der Waals surface area contributed by atoms with Crippen LogP contribution < -0.4 is 10.6 Å². The fraction of sp³-hybridized carbons (Fsp3) is 0.533. The van der Waals surface area contributed by atoms with Crippen LogP contribution in [-0.2, 0) is 11.3 Å². The van der Waals surface area contributed by atoms with Crippen LogP contribution in [0.2, 0.25) is 0 Å². The highest BCUT2D eigenvalue weighted by Gasteiger charge is 2.08. The van der Waals surface area contributed by atoms with Crippen LogP contribution in [0.1, 0.15) is 26.1 Å². The quantitative estimate of drug-likeness (QED) is 0.368. The lowest BCUT2D eigenvalue weighted by Crippen LogP contribution is -2.38. The van der Waals surface area contributed by atoms with E-state index < -0.39 is 0 Å². The molecule has 23 heavy (non-hydrogen) atoms. The fourth-order valence-corrected chi connectivity index (χ4v) is 1.90. The average Bonchev–Trinajstić information content (AvgIpc) is 3.23. The first-order valence-electron chi connectivity index (χ1n) is 7.88. The number of ether oxygens (including phenoxy) is 1. The molecule has 8 nitrogen and oxygen atoms in total. The number of guanidine groups is 1. The summed E-state index contributed by atoms with van der Waals surface area (Å²) in [7, 11) is 0. The van der Waals surface area contributed by atoms with E-state index in [0.717, 1.165) is 38.7 Å². The summed E-state index contributed by atoms with van der Waals surface area (Å²) in [6.07, 6.45) is 2.53. The maximum Gasteiger partial charge on any atom is 0.216 e. The largest absolute Gasteiger partial charge is 0.461 e. The molecule has 2 aromatic rings. The Morgan fingerprint density at radius 3 is 3.04 bits per heavy atom. The monoisotopic (exact) mass is 320 g/mol. The van der Waals surface area contributed by atoms with Gasteiger partial charge in [0.05, 0.1) is 6.26 Å². The van der Waals surface area contributed by atoms with Crippen molar-refractivity contribution in [3.63, 3.8) is 0 Å². The topological polar surface area (TPSA) is 100 Å². The molecule has 0 aliphatic heterocycles. The normalized spacial score (nSPS) is 11.7. The minimum atomic E-state index is 0.411. The van der Waals surface area contributed by atoms with E-state index in [0.29, 0.717) is 24.0 Å². The van der Waals surface area contributed by atoms with Crippen LogP contribution in [0.3, 0.4) is 0 Å². The van der Waals surface area contributed by atoms with E-state index in [1.165, 1.54) is 0 Å². The van der Waals surface area contributed by atoms with Crippen molar-refractivity contribution < 1.29 is 9.15 Å². The Hall–Kier alpha value is -2.35. The Labute approximate surface area is 135 Å². The van der Waals surface area contributed by atoms with Crippen molar-refractivity contribution in [2.75, 3.05) is 26.3 Å². The second-order valence-electron chi connectivity index (χ2n) is 4.76. The number of aromatic amines is 1. The number of aliphatic imine (C=N–C) groups is 1. The summed E-state index contributed by atoms with van der Waals surface area (Å²) in [5.41, 5.74) is 0. The zero-order chi connectivity index (χ0) is 16.3. The van der Waals surface area contributed by atoms with E-state index in [2.05, 4.69) is 30.8 Å². The summed E-state index contributed by atoms with van der Waals surface area (Å²) in [5.74, 6) is 2.61. The number of furan rings is 1. The highest BCUT2D eigenvalue weighted by molar-refractivity contribution is 5.79. The van der Waals surface area contributed by atoms with Crippen LogP contribution in [0, 0.1) is 0 Å². The van der Waals surface area contributed by atoms with E-state index in [4.69, 9.17) is 9.15 Å². The average molecular weight is 320 g/mol. The molecule has 0 bridgehead atoms. The molecule has 0 atom stereocenters. The number of aromatic nitrogens is 3. The number of nitrogens with zero attached hydrogens (tertiary/aromatic N) is 3. The zero-order valence-electron chi connectivity index (χ0n) is 13.6. The zero-order valence-corrected chi connectivity index (χ0v) is 13.6. The molecule has 0 saturated heterocycles. The molecule has 0 amide bonds. The third-order valence-corrected chi connectivity index (χ3v) is 2.97. The lowest BCUT2D eigenvalue weighted by atomic mass is 10.4. The molecule has 0 aromatic carbocycles. The molecule has 2 aromatic heterocycles. The maximum absolute atomic E-state index is 5.31. The summed E-state index contributed by atoms with van der Waals surface area (Å²) in [6, 6.07) is 3.62. The highest BCUT2D eigenvalue weighted by Crippen LogP contribution is 2.14. The molecular weight excluding hydrogens is 296 g/mol. The maximum atomic E-state index is 5.31. The van der Waals surface area contributed by atoms with Gasteiger partial charge in [-0.2, -0.15) is 0 Å². The molecule has 3 N–H and O–H groups in total. The van der Waals surface area contributed by atoms with E-state index >= 15 is 0 Å². The number of hydrogen-bond donors (Lipinski definition) is 3. The molecule has 8 heteroatoms. The van der Waals surface area contributed by atoms with Crippen LogP contribution in [0.5, 0.6) is 0 Å². The predicted octanol–water partition coefficient (Wildman–Crippen LogP) is 1.55. The van der Waals surface area contributed by atoms with Crippen LogP contribution in [0.4, 0.5) is 0 Å². The Bertz CT molecular complexity index is 579. The van der Waals surface area contributed by atoms with Gasteiger partial charge in [-0.25, -0.2) is 9.98 Å². The second-order valence-corrected chi connectivity index (χ2v) is 4.76. The molecular formula is C15H24N6O2. The lowest BCUT2D eigenvalue weighted by molar-refractivity contribution is 0.145. The van der Waals surface area contributed by atoms with Crippen molar-refractivity contribution in [2.45, 2.75) is 26.8 Å². The first kappa shape index (κ1) is 17.0. The van der Waals surface area contributed by atoms with E-state index in [-0.39, 0.29) is 0 Å². The van der Waals surface area contributed by atoms with Crippen LogP contribution in [0.15, 0.2) is 27.8 Å². The third kappa shape index (κ3) is 5.74. The van der Waals surface area contributed by atoms with Crippen molar-refractivity contribution in [1.29, 1.82) is 0 Å². The smallest absolute Gasteiger partial charge is 0.216 e. The SMILES string of the molecule is CCNC(=NCc1nc(-c2ccco2)n[nH]1)NCCCOCC. The molecule has 2 heterocycles. The second kappa shape index (κ2) is 9.62. The Kier molecular flexibility index (Phi) is 7.12. The van der Waals surface area contributed by atoms with Crippen molar-refractivity contribution in [1.82, 2.24) is 25.8 Å². The third-order valence-electron chi connectivity index (χ3n) is 2.97. The van der Waals surface area contributed by atoms with Crippen molar-refractivity contribution in [2.24, 2.45) is 4.99 Å². The molecule has 0 saturated carbocycles. The minimum absolute atomic E-state index is 0.411. The first-order chi connectivity index (χ1) is 11.3. The standard InChI is InChI=1S/C15H24N6O2/c1-3-16-15(17-8-6-9-22-4-2)18-11-13-19-14(21-20-13)12-7-5-10-23-12/h5,7,10H,3-4,6,8-9,11H2,1-2H3,(H2,16,17,18)(H,19,20,21). The number of H-pyrrole nitrogens is 1. The van der Waals surface area contributed by atoms with Gasteiger partial charge in [0.15, 0.2) is 11.7 Å². The van der Waals surface area contributed by atoms with Crippen LogP contribution in [-0.4, -0.2) is 47.4 Å². The Morgan fingerprint density at radius 1 is 1.39 bits per heavy atom. The van der Waals surface area contributed by atoms with E-state index in [1.807, 2.05) is 19.9 Å². The van der Waals surface area contributed by atoms with Gasteiger partial charge in [0.25, 0.3) is 0 Å². The number of hydrogen-bond acceptors (Lipinski definition) is 5. The first-order valence-corrected chi connectivity index (χ1v) is 7.88. The summed E-state index contributed by atoms with van der Waals surface area (Å²) in [6.45, 7) is 7.53. The van der Waals surface area contributed by atoms with Gasteiger partial charge < -0.3 is 19.8 Å². The van der Waals surface area contributed by atoms with Crippen LogP contribution in [0.25, 0.3) is 11.6 Å². The van der Waals surface area contributed by atoms with Crippen molar-refractivity contribution in [3.05, 3.63) is 24.2 Å². The molecule has 0 aliphatic rings. The van der Waals surface area contributed by atoms with Gasteiger partial charge >= 0.3 is 0 Å². The van der Waals surface area contributed by atoms with Gasteiger partial charge in [0.2, 0.25) is 5.82 Å². The van der Waals surface area contributed by atoms with Gasteiger partial charge in [-0.05, 0) is 32.4 Å². The fourth-order valence-electron chi connectivity index (χ4n) is 1.90. The number of rotatable bonds is 9. The predicted molar refractivity (Wildman–Crippen MR) is 88.0 cm³/mol. The number of nitrogens with one attached hydrogen (secondary N) is 3. The summed E-state index contributed by atoms with van der Waals surface area (Å²) < 4.78 is 10.6. The molecule has 0 unspecified atom stereocenters. The van der Waals surface area contributed by atoms with Gasteiger partial charge in [-0.1, -0.05) is 0 Å².